The number of aromatic nitrogens is 2. The van der Waals surface area contributed by atoms with Crippen molar-refractivity contribution in [3.8, 4) is 0 Å². The molecule has 2 aliphatic rings. The van der Waals surface area contributed by atoms with E-state index in [-0.39, 0.29) is 18.2 Å². The number of nitrogens with zero attached hydrogens (tertiary/aromatic N) is 2. The molecule has 0 radical (unpaired) electrons. The zero-order valence-corrected chi connectivity index (χ0v) is 14.1. The molecular formula is C17H28N4O2. The molecule has 0 unspecified atom stereocenters. The molecule has 1 aromatic heterocycles. The topological polar surface area (TPSA) is 68.2 Å². The second kappa shape index (κ2) is 7.34. The molecule has 1 aliphatic carbocycles. The molecule has 2 heterocycles. The smallest absolute Gasteiger partial charge is 0.315 e. The van der Waals surface area contributed by atoms with E-state index in [2.05, 4.69) is 22.5 Å². The van der Waals surface area contributed by atoms with Crippen LogP contribution in [0, 0.1) is 11.8 Å². The Bertz CT molecular complexity index is 530. The van der Waals surface area contributed by atoms with Crippen LogP contribution in [0.2, 0.25) is 0 Å². The maximum absolute atomic E-state index is 12.2. The molecule has 3 rings (SSSR count). The number of amides is 2. The van der Waals surface area contributed by atoms with Crippen molar-refractivity contribution < 1.29 is 9.53 Å². The van der Waals surface area contributed by atoms with E-state index in [1.165, 1.54) is 25.7 Å². The first-order chi connectivity index (χ1) is 11.1. The van der Waals surface area contributed by atoms with E-state index in [0.29, 0.717) is 18.4 Å². The minimum atomic E-state index is -0.158. The highest BCUT2D eigenvalue weighted by Gasteiger charge is 2.33. The van der Waals surface area contributed by atoms with E-state index in [4.69, 9.17) is 4.74 Å². The first-order valence-electron chi connectivity index (χ1n) is 8.78. The summed E-state index contributed by atoms with van der Waals surface area (Å²) >= 11 is 0. The van der Waals surface area contributed by atoms with Gasteiger partial charge in [0.1, 0.15) is 11.9 Å². The SMILES string of the molecule is C[C@H]1CCCC[C@H]1CNC(=O)N[C@H]1CCO[C@@H]1c1nccn1C. The van der Waals surface area contributed by atoms with Gasteiger partial charge in [0.15, 0.2) is 0 Å². The maximum Gasteiger partial charge on any atom is 0.315 e. The summed E-state index contributed by atoms with van der Waals surface area (Å²) in [6.07, 6.45) is 9.46. The van der Waals surface area contributed by atoms with E-state index in [9.17, 15) is 4.79 Å². The van der Waals surface area contributed by atoms with Gasteiger partial charge in [-0.2, -0.15) is 0 Å². The molecule has 128 valence electrons. The summed E-state index contributed by atoms with van der Waals surface area (Å²) in [4.78, 5) is 16.6. The number of hydrogen-bond donors (Lipinski definition) is 2. The lowest BCUT2D eigenvalue weighted by atomic mass is 9.80. The van der Waals surface area contributed by atoms with E-state index >= 15 is 0 Å². The number of rotatable bonds is 4. The van der Waals surface area contributed by atoms with Crippen LogP contribution in [0.5, 0.6) is 0 Å². The Morgan fingerprint density at radius 2 is 2.22 bits per heavy atom. The summed E-state index contributed by atoms with van der Waals surface area (Å²) in [5.41, 5.74) is 0. The van der Waals surface area contributed by atoms with Crippen molar-refractivity contribution in [2.45, 2.75) is 51.2 Å². The second-order valence-corrected chi connectivity index (χ2v) is 6.96. The van der Waals surface area contributed by atoms with Crippen LogP contribution in [0.15, 0.2) is 12.4 Å². The van der Waals surface area contributed by atoms with E-state index in [1.807, 2.05) is 17.8 Å². The minimum Gasteiger partial charge on any atom is -0.368 e. The molecule has 23 heavy (non-hydrogen) atoms. The fraction of sp³-hybridized carbons (Fsp3) is 0.765. The largest absolute Gasteiger partial charge is 0.368 e. The predicted molar refractivity (Wildman–Crippen MR) is 88.0 cm³/mol. The Balaban J connectivity index is 1.50. The first kappa shape index (κ1) is 16.3. The Morgan fingerprint density at radius 1 is 1.39 bits per heavy atom. The van der Waals surface area contributed by atoms with Gasteiger partial charge in [-0.15, -0.1) is 0 Å². The van der Waals surface area contributed by atoms with Gasteiger partial charge in [0.2, 0.25) is 0 Å². The molecule has 1 saturated heterocycles. The van der Waals surface area contributed by atoms with Crippen molar-refractivity contribution in [2.24, 2.45) is 18.9 Å². The average molecular weight is 320 g/mol. The number of aryl methyl sites for hydroxylation is 1. The lowest BCUT2D eigenvalue weighted by Crippen LogP contribution is -2.45. The van der Waals surface area contributed by atoms with Crippen LogP contribution in [-0.4, -0.2) is 34.8 Å². The molecule has 0 spiro atoms. The predicted octanol–water partition coefficient (Wildman–Crippen LogP) is 2.38. The molecule has 0 bridgehead atoms. The van der Waals surface area contributed by atoms with Crippen LogP contribution in [0.3, 0.4) is 0 Å². The molecule has 2 amide bonds. The lowest BCUT2D eigenvalue weighted by molar-refractivity contribution is 0.0907. The summed E-state index contributed by atoms with van der Waals surface area (Å²) in [5, 5.41) is 6.13. The molecule has 2 fully saturated rings. The number of urea groups is 1. The second-order valence-electron chi connectivity index (χ2n) is 6.96. The van der Waals surface area contributed by atoms with E-state index in [0.717, 1.165) is 18.8 Å². The van der Waals surface area contributed by atoms with Crippen LogP contribution < -0.4 is 10.6 Å². The summed E-state index contributed by atoms with van der Waals surface area (Å²) in [6, 6.07) is -0.0997. The van der Waals surface area contributed by atoms with Crippen molar-refractivity contribution in [1.82, 2.24) is 20.2 Å². The van der Waals surface area contributed by atoms with Gasteiger partial charge in [-0.1, -0.05) is 26.2 Å². The maximum atomic E-state index is 12.2. The van der Waals surface area contributed by atoms with Crippen LogP contribution in [-0.2, 0) is 11.8 Å². The summed E-state index contributed by atoms with van der Waals surface area (Å²) in [6.45, 7) is 3.72. The molecule has 0 aromatic carbocycles. The molecule has 4 atom stereocenters. The Morgan fingerprint density at radius 3 is 2.96 bits per heavy atom. The molecule has 6 nitrogen and oxygen atoms in total. The first-order valence-corrected chi connectivity index (χ1v) is 8.78. The van der Waals surface area contributed by atoms with Gasteiger partial charge in [-0.3, -0.25) is 0 Å². The Kier molecular flexibility index (Phi) is 5.20. The molecule has 6 heteroatoms. The number of imidazole rings is 1. The number of carbonyl (C=O) groups excluding carboxylic acids is 1. The lowest BCUT2D eigenvalue weighted by Gasteiger charge is -2.29. The summed E-state index contributed by atoms with van der Waals surface area (Å²) in [7, 11) is 1.95. The molecule has 1 aromatic rings. The number of carbonyl (C=O) groups is 1. The van der Waals surface area contributed by atoms with Crippen molar-refractivity contribution in [3.63, 3.8) is 0 Å². The van der Waals surface area contributed by atoms with Crippen LogP contribution in [0.1, 0.15) is 51.0 Å². The fourth-order valence-corrected chi connectivity index (χ4v) is 3.78. The van der Waals surface area contributed by atoms with Gasteiger partial charge >= 0.3 is 6.03 Å². The van der Waals surface area contributed by atoms with Gasteiger partial charge in [-0.05, 0) is 24.7 Å². The number of hydrogen-bond acceptors (Lipinski definition) is 3. The van der Waals surface area contributed by atoms with Gasteiger partial charge in [-0.25, -0.2) is 9.78 Å². The van der Waals surface area contributed by atoms with Crippen molar-refractivity contribution in [3.05, 3.63) is 18.2 Å². The third kappa shape index (κ3) is 3.86. The quantitative estimate of drug-likeness (QED) is 0.895. The van der Waals surface area contributed by atoms with Gasteiger partial charge in [0, 0.05) is 32.6 Å². The minimum absolute atomic E-state index is 0.0140. The molecule has 2 N–H and O–H groups in total. The standard InChI is InChI=1S/C17H28N4O2/c1-12-5-3-4-6-13(12)11-19-17(22)20-14-7-10-23-15(14)16-18-8-9-21(16)2/h8-9,12-15H,3-7,10-11H2,1-2H3,(H2,19,20,22)/t12-,13-,14-,15-/m0/s1. The summed E-state index contributed by atoms with van der Waals surface area (Å²) < 4.78 is 7.73. The molecule has 1 aliphatic heterocycles. The average Bonchev–Trinajstić information content (AvgIpc) is 3.15. The monoisotopic (exact) mass is 320 g/mol. The fourth-order valence-electron chi connectivity index (χ4n) is 3.78. The number of nitrogens with one attached hydrogen (secondary N) is 2. The Labute approximate surface area is 138 Å². The zero-order valence-electron chi connectivity index (χ0n) is 14.1. The Hall–Kier alpha value is -1.56. The highest BCUT2D eigenvalue weighted by Crippen LogP contribution is 2.29. The third-order valence-electron chi connectivity index (χ3n) is 5.34. The van der Waals surface area contributed by atoms with Crippen LogP contribution in [0.25, 0.3) is 0 Å². The van der Waals surface area contributed by atoms with Gasteiger partial charge in [0.05, 0.1) is 6.04 Å². The molecular weight excluding hydrogens is 292 g/mol. The van der Waals surface area contributed by atoms with Crippen molar-refractivity contribution >= 4 is 6.03 Å². The third-order valence-corrected chi connectivity index (χ3v) is 5.34. The zero-order chi connectivity index (χ0) is 16.2. The number of ether oxygens (including phenoxy) is 1. The summed E-state index contributed by atoms with van der Waals surface area (Å²) in [5.74, 6) is 2.19. The van der Waals surface area contributed by atoms with Crippen LogP contribution in [0.4, 0.5) is 4.79 Å². The van der Waals surface area contributed by atoms with Crippen molar-refractivity contribution in [2.75, 3.05) is 13.2 Å². The van der Waals surface area contributed by atoms with Gasteiger partial charge < -0.3 is 19.9 Å². The van der Waals surface area contributed by atoms with E-state index in [1.54, 1.807) is 6.20 Å². The van der Waals surface area contributed by atoms with Gasteiger partial charge in [0.25, 0.3) is 0 Å². The molecule has 1 saturated carbocycles. The highest BCUT2D eigenvalue weighted by molar-refractivity contribution is 5.74. The normalized spacial score (nSPS) is 31.0. The van der Waals surface area contributed by atoms with E-state index < -0.39 is 0 Å². The van der Waals surface area contributed by atoms with Crippen molar-refractivity contribution in [1.29, 1.82) is 0 Å². The highest BCUT2D eigenvalue weighted by atomic mass is 16.5. The van der Waals surface area contributed by atoms with Crippen LogP contribution >= 0.6 is 0 Å².